The van der Waals surface area contributed by atoms with Crippen molar-refractivity contribution in [1.82, 2.24) is 20.4 Å². The number of guanidine groups is 1. The lowest BCUT2D eigenvalue weighted by Crippen LogP contribution is -2.45. The number of ether oxygens (including phenoxy) is 1. The van der Waals surface area contributed by atoms with Crippen molar-refractivity contribution in [2.45, 2.75) is 32.8 Å². The van der Waals surface area contributed by atoms with Crippen molar-refractivity contribution in [3.05, 3.63) is 29.8 Å². The summed E-state index contributed by atoms with van der Waals surface area (Å²) in [5.41, 5.74) is 1.21. The maximum absolute atomic E-state index is 5.95. The Balaban J connectivity index is 1.56. The van der Waals surface area contributed by atoms with Crippen LogP contribution in [0.4, 0.5) is 0 Å². The molecule has 0 radical (unpaired) electrons. The third-order valence-electron chi connectivity index (χ3n) is 4.90. The molecule has 1 aromatic rings. The summed E-state index contributed by atoms with van der Waals surface area (Å²) in [4.78, 5) is 9.27. The summed E-state index contributed by atoms with van der Waals surface area (Å²) >= 11 is 0. The highest BCUT2D eigenvalue weighted by molar-refractivity contribution is 5.79. The Labute approximate surface area is 165 Å². The van der Waals surface area contributed by atoms with Gasteiger partial charge in [-0.05, 0) is 58.0 Å². The average molecular weight is 376 g/mol. The van der Waals surface area contributed by atoms with Crippen molar-refractivity contribution in [3.63, 3.8) is 0 Å². The Morgan fingerprint density at radius 3 is 2.67 bits per heavy atom. The fraction of sp³-hybridized carbons (Fsp3) is 0.667. The molecule has 1 fully saturated rings. The molecular formula is C21H37N5O. The van der Waals surface area contributed by atoms with Crippen molar-refractivity contribution in [1.29, 1.82) is 0 Å². The molecule has 6 heteroatoms. The number of unbranched alkanes of at least 4 members (excludes halogenated alkanes) is 1. The lowest BCUT2D eigenvalue weighted by molar-refractivity contribution is 0.152. The van der Waals surface area contributed by atoms with Crippen molar-refractivity contribution in [3.8, 4) is 5.75 Å². The Hall–Kier alpha value is -1.79. The maximum Gasteiger partial charge on any atom is 0.191 e. The highest BCUT2D eigenvalue weighted by Crippen LogP contribution is 2.13. The molecular weight excluding hydrogens is 338 g/mol. The van der Waals surface area contributed by atoms with Gasteiger partial charge in [-0.2, -0.15) is 0 Å². The predicted molar refractivity (Wildman–Crippen MR) is 114 cm³/mol. The van der Waals surface area contributed by atoms with Crippen LogP contribution in [0.3, 0.4) is 0 Å². The van der Waals surface area contributed by atoms with Crippen LogP contribution in [0.5, 0.6) is 5.75 Å². The number of rotatable bonds is 9. The highest BCUT2D eigenvalue weighted by Gasteiger charge is 2.12. The van der Waals surface area contributed by atoms with E-state index >= 15 is 0 Å². The van der Waals surface area contributed by atoms with Crippen LogP contribution in [0.2, 0.25) is 0 Å². The molecule has 2 rings (SSSR count). The molecule has 27 heavy (non-hydrogen) atoms. The number of piperazine rings is 1. The summed E-state index contributed by atoms with van der Waals surface area (Å²) in [6.45, 7) is 11.8. The van der Waals surface area contributed by atoms with E-state index in [9.17, 15) is 0 Å². The maximum atomic E-state index is 5.95. The molecule has 1 atom stereocenters. The number of aryl methyl sites for hydroxylation is 1. The summed E-state index contributed by atoms with van der Waals surface area (Å²) in [6.07, 6.45) is 2.45. The molecule has 1 aliphatic rings. The molecule has 152 valence electrons. The van der Waals surface area contributed by atoms with Crippen LogP contribution in [0.15, 0.2) is 29.3 Å². The summed E-state index contributed by atoms with van der Waals surface area (Å²) in [5, 5.41) is 6.75. The lowest BCUT2D eigenvalue weighted by Gasteiger charge is -2.32. The van der Waals surface area contributed by atoms with Gasteiger partial charge < -0.3 is 25.2 Å². The molecule has 1 unspecified atom stereocenters. The molecule has 1 saturated heterocycles. The minimum Gasteiger partial charge on any atom is -0.489 e. The first-order chi connectivity index (χ1) is 13.1. The fourth-order valence-corrected chi connectivity index (χ4v) is 3.16. The monoisotopic (exact) mass is 375 g/mol. The number of benzene rings is 1. The third kappa shape index (κ3) is 8.63. The van der Waals surface area contributed by atoms with Gasteiger partial charge in [-0.25, -0.2) is 0 Å². The molecule has 2 N–H and O–H groups in total. The number of hydrogen-bond donors (Lipinski definition) is 2. The first kappa shape index (κ1) is 21.5. The number of nitrogens with zero attached hydrogens (tertiary/aromatic N) is 3. The van der Waals surface area contributed by atoms with Gasteiger partial charge in [0.15, 0.2) is 5.96 Å². The van der Waals surface area contributed by atoms with E-state index in [1.54, 1.807) is 0 Å². The van der Waals surface area contributed by atoms with E-state index in [1.807, 2.05) is 19.2 Å². The van der Waals surface area contributed by atoms with E-state index in [4.69, 9.17) is 4.74 Å². The van der Waals surface area contributed by atoms with Gasteiger partial charge in [0, 0.05) is 39.8 Å². The van der Waals surface area contributed by atoms with Gasteiger partial charge in [-0.3, -0.25) is 4.99 Å². The molecule has 0 spiro atoms. The van der Waals surface area contributed by atoms with E-state index in [0.29, 0.717) is 0 Å². The van der Waals surface area contributed by atoms with Crippen LogP contribution in [0.25, 0.3) is 0 Å². The van der Waals surface area contributed by atoms with Crippen molar-refractivity contribution < 1.29 is 4.74 Å². The summed E-state index contributed by atoms with van der Waals surface area (Å²) in [6, 6.07) is 8.15. The fourth-order valence-electron chi connectivity index (χ4n) is 3.16. The van der Waals surface area contributed by atoms with Crippen molar-refractivity contribution >= 4 is 5.96 Å². The van der Waals surface area contributed by atoms with Crippen LogP contribution in [0.1, 0.15) is 25.3 Å². The molecule has 6 nitrogen and oxygen atoms in total. The Bertz CT molecular complexity index is 569. The number of nitrogens with one attached hydrogen (secondary N) is 2. The van der Waals surface area contributed by atoms with Crippen LogP contribution in [0, 0.1) is 6.92 Å². The summed E-state index contributed by atoms with van der Waals surface area (Å²) in [5.74, 6) is 1.76. The molecule has 0 amide bonds. The van der Waals surface area contributed by atoms with E-state index in [-0.39, 0.29) is 6.10 Å². The minimum atomic E-state index is 0.0718. The van der Waals surface area contributed by atoms with E-state index in [0.717, 1.165) is 31.2 Å². The molecule has 0 bridgehead atoms. The molecule has 1 aliphatic heterocycles. The smallest absolute Gasteiger partial charge is 0.191 e. The van der Waals surface area contributed by atoms with Gasteiger partial charge in [-0.1, -0.05) is 12.1 Å². The summed E-state index contributed by atoms with van der Waals surface area (Å²) < 4.78 is 5.95. The predicted octanol–water partition coefficient (Wildman–Crippen LogP) is 1.95. The van der Waals surface area contributed by atoms with E-state index in [1.165, 1.54) is 44.7 Å². The second-order valence-electron chi connectivity index (χ2n) is 7.48. The standard InChI is InChI=1S/C21H37N5O/c1-18-8-7-9-20(16-18)27-19(2)17-24-21(22-3)23-10-5-6-11-26-14-12-25(4)13-15-26/h7-9,16,19H,5-6,10-15,17H2,1-4H3,(H2,22,23,24). The zero-order valence-corrected chi connectivity index (χ0v) is 17.5. The topological polar surface area (TPSA) is 52.1 Å². The van der Waals surface area contributed by atoms with Crippen LogP contribution in [-0.4, -0.2) is 81.8 Å². The second-order valence-corrected chi connectivity index (χ2v) is 7.48. The first-order valence-corrected chi connectivity index (χ1v) is 10.2. The van der Waals surface area contributed by atoms with Crippen molar-refractivity contribution in [2.24, 2.45) is 4.99 Å². The molecule has 0 aromatic heterocycles. The highest BCUT2D eigenvalue weighted by atomic mass is 16.5. The minimum absolute atomic E-state index is 0.0718. The van der Waals surface area contributed by atoms with Gasteiger partial charge in [0.25, 0.3) is 0 Å². The average Bonchev–Trinajstić information content (AvgIpc) is 2.65. The molecule has 0 saturated carbocycles. The van der Waals surface area contributed by atoms with E-state index < -0.39 is 0 Å². The van der Waals surface area contributed by atoms with E-state index in [2.05, 4.69) is 58.5 Å². The molecule has 1 aromatic carbocycles. The largest absolute Gasteiger partial charge is 0.489 e. The van der Waals surface area contributed by atoms with Gasteiger partial charge in [0.05, 0.1) is 6.54 Å². The van der Waals surface area contributed by atoms with Crippen LogP contribution >= 0.6 is 0 Å². The number of aliphatic imine (C=N–C) groups is 1. The Kier molecular flexibility index (Phi) is 9.42. The normalized spacial score (nSPS) is 17.6. The van der Waals surface area contributed by atoms with Crippen LogP contribution < -0.4 is 15.4 Å². The van der Waals surface area contributed by atoms with Crippen molar-refractivity contribution in [2.75, 3.05) is 59.9 Å². The molecule has 0 aliphatic carbocycles. The third-order valence-corrected chi connectivity index (χ3v) is 4.90. The number of likely N-dealkylation sites (N-methyl/N-ethyl adjacent to an activating group) is 1. The van der Waals surface area contributed by atoms with Crippen LogP contribution in [-0.2, 0) is 0 Å². The SMILES string of the molecule is CN=C(NCCCCN1CCN(C)CC1)NCC(C)Oc1cccc(C)c1. The van der Waals surface area contributed by atoms with Gasteiger partial charge >= 0.3 is 0 Å². The lowest BCUT2D eigenvalue weighted by atomic mass is 10.2. The first-order valence-electron chi connectivity index (χ1n) is 10.2. The quantitative estimate of drug-likeness (QED) is 0.393. The zero-order chi connectivity index (χ0) is 19.5. The molecule has 1 heterocycles. The Morgan fingerprint density at radius 2 is 1.96 bits per heavy atom. The zero-order valence-electron chi connectivity index (χ0n) is 17.5. The van der Waals surface area contributed by atoms with Gasteiger partial charge in [-0.15, -0.1) is 0 Å². The number of hydrogen-bond acceptors (Lipinski definition) is 4. The van der Waals surface area contributed by atoms with Gasteiger partial charge in [0.1, 0.15) is 11.9 Å². The van der Waals surface area contributed by atoms with Gasteiger partial charge in [0.2, 0.25) is 0 Å². The summed E-state index contributed by atoms with van der Waals surface area (Å²) in [7, 11) is 4.01. The Morgan fingerprint density at radius 1 is 1.19 bits per heavy atom. The second kappa shape index (κ2) is 11.8.